The quantitative estimate of drug-likeness (QED) is 0.217. The molecule has 0 bridgehead atoms. The molecule has 3 aliphatic rings. The molecule has 3 heterocycles. The number of pyridine rings is 1. The van der Waals surface area contributed by atoms with Crippen LogP contribution in [0.5, 0.6) is 0 Å². The van der Waals surface area contributed by atoms with Gasteiger partial charge in [-0.2, -0.15) is 4.98 Å². The maximum Gasteiger partial charge on any atom is 0.249 e. The molecular weight excluding hydrogens is 518 g/mol. The molecule has 0 saturated heterocycles. The Kier molecular flexibility index (Phi) is 6.69. The van der Waals surface area contributed by atoms with E-state index in [9.17, 15) is 20.1 Å². The van der Waals surface area contributed by atoms with E-state index in [0.717, 1.165) is 28.8 Å². The second-order valence-electron chi connectivity index (χ2n) is 11.3. The van der Waals surface area contributed by atoms with Crippen LogP contribution in [-0.4, -0.2) is 71.2 Å². The lowest BCUT2D eigenvalue weighted by Crippen LogP contribution is -2.51. The minimum absolute atomic E-state index is 0.0888. The number of aromatic nitrogens is 4. The van der Waals surface area contributed by atoms with Crippen LogP contribution in [0.1, 0.15) is 56.8 Å². The smallest absolute Gasteiger partial charge is 0.249 e. The van der Waals surface area contributed by atoms with Gasteiger partial charge in [0.2, 0.25) is 11.9 Å². The van der Waals surface area contributed by atoms with E-state index in [4.69, 9.17) is 15.0 Å². The molecule has 6 rings (SSSR count). The lowest BCUT2D eigenvalue weighted by molar-refractivity contribution is -0.136. The van der Waals surface area contributed by atoms with Crippen LogP contribution in [0, 0.1) is 25.7 Å². The van der Waals surface area contributed by atoms with Gasteiger partial charge in [-0.3, -0.25) is 9.78 Å². The molecule has 208 valence electrons. The first-order valence-electron chi connectivity index (χ1n) is 13.7. The van der Waals surface area contributed by atoms with Crippen LogP contribution in [-0.2, 0) is 4.79 Å². The first kappa shape index (κ1) is 26.3. The number of aliphatic hydroxyl groups is 3. The van der Waals surface area contributed by atoms with E-state index in [2.05, 4.69) is 27.9 Å². The van der Waals surface area contributed by atoms with Crippen molar-refractivity contribution < 1.29 is 20.1 Å². The van der Waals surface area contributed by atoms with Gasteiger partial charge in [-0.15, -0.1) is 11.3 Å². The first-order valence-corrected chi connectivity index (χ1v) is 14.5. The van der Waals surface area contributed by atoms with Crippen LogP contribution in [0.2, 0.25) is 0 Å². The number of nitrogens with one attached hydrogen (secondary N) is 3. The standard InChI is InChI=1S/C27H35N7O4S/c1-12(15-4-5-15)29-26-30-13(2)19(25-32-20-14(3)28-11-9-18(20)39-25)23(33-26)34-27(38)10-8-17(22(27)36)21(35)24(37)31-16-6-7-16/h9,11-12,15-17,21-22,35-36,38H,4-8,10H2,1-3H3,(H,31,37)(H2,29,30,33,34). The number of thiazole rings is 1. The Bertz CT molecular complexity index is 1410. The predicted molar refractivity (Wildman–Crippen MR) is 148 cm³/mol. The Morgan fingerprint density at radius 2 is 1.90 bits per heavy atom. The topological polar surface area (TPSA) is 165 Å². The second-order valence-corrected chi connectivity index (χ2v) is 12.3. The molecule has 3 saturated carbocycles. The van der Waals surface area contributed by atoms with Crippen molar-refractivity contribution in [3.05, 3.63) is 23.7 Å². The number of carbonyl (C=O) groups excluding carboxylic acids is 1. The zero-order chi connectivity index (χ0) is 27.5. The summed E-state index contributed by atoms with van der Waals surface area (Å²) in [5, 5.41) is 43.4. The van der Waals surface area contributed by atoms with Gasteiger partial charge < -0.3 is 31.3 Å². The molecule has 1 amide bonds. The van der Waals surface area contributed by atoms with Crippen molar-refractivity contribution in [2.24, 2.45) is 11.8 Å². The molecule has 0 spiro atoms. The third kappa shape index (κ3) is 5.18. The Hall–Kier alpha value is -2.93. The van der Waals surface area contributed by atoms with Gasteiger partial charge in [0.25, 0.3) is 0 Å². The Morgan fingerprint density at radius 1 is 1.13 bits per heavy atom. The highest BCUT2D eigenvalue weighted by atomic mass is 32.1. The Labute approximate surface area is 230 Å². The lowest BCUT2D eigenvalue weighted by Gasteiger charge is -2.32. The Balaban J connectivity index is 1.34. The number of amides is 1. The SMILES string of the molecule is Cc1nc(NC(C)C2CC2)nc(NC2(O)CCC(C(O)C(=O)NC3CC3)C2O)c1-c1nc2c(C)nccc2s1. The van der Waals surface area contributed by atoms with E-state index in [1.54, 1.807) is 6.20 Å². The number of nitrogens with zero attached hydrogens (tertiary/aromatic N) is 4. The molecule has 39 heavy (non-hydrogen) atoms. The average molecular weight is 554 g/mol. The molecule has 6 N–H and O–H groups in total. The van der Waals surface area contributed by atoms with E-state index in [1.807, 2.05) is 19.9 Å². The second kappa shape index (κ2) is 9.92. The van der Waals surface area contributed by atoms with Crippen LogP contribution >= 0.6 is 11.3 Å². The summed E-state index contributed by atoms with van der Waals surface area (Å²) in [5.74, 6) is -0.000330. The lowest BCUT2D eigenvalue weighted by atomic mass is 9.96. The molecule has 3 aliphatic carbocycles. The van der Waals surface area contributed by atoms with Crippen LogP contribution in [0.25, 0.3) is 20.8 Å². The zero-order valence-electron chi connectivity index (χ0n) is 22.3. The average Bonchev–Trinajstić information content (AvgIpc) is 3.81. The van der Waals surface area contributed by atoms with Crippen LogP contribution in [0.4, 0.5) is 11.8 Å². The first-order chi connectivity index (χ1) is 18.6. The van der Waals surface area contributed by atoms with E-state index in [-0.39, 0.29) is 24.9 Å². The van der Waals surface area contributed by atoms with Crippen molar-refractivity contribution >= 4 is 39.2 Å². The van der Waals surface area contributed by atoms with Gasteiger partial charge in [0.1, 0.15) is 28.6 Å². The maximum absolute atomic E-state index is 12.5. The van der Waals surface area contributed by atoms with E-state index in [0.29, 0.717) is 33.9 Å². The minimum atomic E-state index is -1.81. The van der Waals surface area contributed by atoms with Gasteiger partial charge in [0, 0.05) is 24.2 Å². The molecule has 12 heteroatoms. The van der Waals surface area contributed by atoms with Crippen molar-refractivity contribution in [3.8, 4) is 10.6 Å². The molecule has 5 unspecified atom stereocenters. The van der Waals surface area contributed by atoms with Gasteiger partial charge in [0.15, 0.2) is 5.72 Å². The number of carbonyl (C=O) groups is 1. The van der Waals surface area contributed by atoms with Crippen molar-refractivity contribution in [3.63, 3.8) is 0 Å². The minimum Gasteiger partial charge on any atom is -0.388 e. The highest BCUT2D eigenvalue weighted by molar-refractivity contribution is 7.21. The molecule has 0 radical (unpaired) electrons. The van der Waals surface area contributed by atoms with E-state index >= 15 is 0 Å². The number of hydrogen-bond acceptors (Lipinski definition) is 11. The summed E-state index contributed by atoms with van der Waals surface area (Å²) >= 11 is 1.48. The molecule has 3 fully saturated rings. The van der Waals surface area contributed by atoms with E-state index in [1.165, 1.54) is 24.2 Å². The number of aryl methyl sites for hydroxylation is 2. The van der Waals surface area contributed by atoms with Crippen molar-refractivity contribution in [2.45, 2.75) is 89.3 Å². The number of aliphatic hydroxyl groups excluding tert-OH is 2. The van der Waals surface area contributed by atoms with Crippen molar-refractivity contribution in [1.82, 2.24) is 25.3 Å². The van der Waals surface area contributed by atoms with Gasteiger partial charge in [-0.05, 0) is 71.3 Å². The number of fused-ring (bicyclic) bond motifs is 1. The fourth-order valence-corrected chi connectivity index (χ4v) is 6.53. The van der Waals surface area contributed by atoms with Gasteiger partial charge in [-0.1, -0.05) is 0 Å². The van der Waals surface area contributed by atoms with Crippen LogP contribution in [0.3, 0.4) is 0 Å². The van der Waals surface area contributed by atoms with Crippen molar-refractivity contribution in [2.75, 3.05) is 10.6 Å². The Morgan fingerprint density at radius 3 is 2.59 bits per heavy atom. The summed E-state index contributed by atoms with van der Waals surface area (Å²) in [6, 6.07) is 2.20. The van der Waals surface area contributed by atoms with Gasteiger partial charge in [-0.25, -0.2) is 9.97 Å². The molecule has 3 aromatic rings. The number of anilines is 2. The van der Waals surface area contributed by atoms with Crippen molar-refractivity contribution in [1.29, 1.82) is 0 Å². The third-order valence-electron chi connectivity index (χ3n) is 8.17. The summed E-state index contributed by atoms with van der Waals surface area (Å²) < 4.78 is 0.969. The van der Waals surface area contributed by atoms with Gasteiger partial charge in [0.05, 0.1) is 21.7 Å². The predicted octanol–water partition coefficient (Wildman–Crippen LogP) is 2.49. The monoisotopic (exact) mass is 553 g/mol. The number of rotatable bonds is 9. The van der Waals surface area contributed by atoms with Crippen LogP contribution < -0.4 is 16.0 Å². The van der Waals surface area contributed by atoms with Gasteiger partial charge >= 0.3 is 0 Å². The molecule has 0 aromatic carbocycles. The zero-order valence-corrected chi connectivity index (χ0v) is 23.1. The summed E-state index contributed by atoms with van der Waals surface area (Å²) in [4.78, 5) is 31.1. The largest absolute Gasteiger partial charge is 0.388 e. The fraction of sp³-hybridized carbons (Fsp3) is 0.593. The summed E-state index contributed by atoms with van der Waals surface area (Å²) in [5.41, 5.74) is 1.08. The highest BCUT2D eigenvalue weighted by Gasteiger charge is 2.51. The molecule has 11 nitrogen and oxygen atoms in total. The summed E-state index contributed by atoms with van der Waals surface area (Å²) in [6.45, 7) is 5.88. The fourth-order valence-electron chi connectivity index (χ4n) is 5.42. The van der Waals surface area contributed by atoms with Crippen LogP contribution in [0.15, 0.2) is 12.3 Å². The molecule has 0 aliphatic heterocycles. The summed E-state index contributed by atoms with van der Waals surface area (Å²) in [7, 11) is 0. The molecule has 3 aromatic heterocycles. The molecule has 5 atom stereocenters. The third-order valence-corrected chi connectivity index (χ3v) is 9.20. The molecular formula is C27H35N7O4S. The highest BCUT2D eigenvalue weighted by Crippen LogP contribution is 2.42. The number of hydrogen-bond donors (Lipinski definition) is 6. The normalized spacial score (nSPS) is 26.4. The maximum atomic E-state index is 12.5. The van der Waals surface area contributed by atoms with E-state index < -0.39 is 29.8 Å². The summed E-state index contributed by atoms with van der Waals surface area (Å²) in [6.07, 6.45) is 3.44.